The van der Waals surface area contributed by atoms with Crippen LogP contribution < -0.4 is 0 Å². The second-order valence-corrected chi connectivity index (χ2v) is 5.29. The van der Waals surface area contributed by atoms with Gasteiger partial charge in [0.2, 0.25) is 0 Å². The Labute approximate surface area is 103 Å². The molecule has 2 fully saturated rings. The minimum Gasteiger partial charge on any atom is -0.378 e. The predicted molar refractivity (Wildman–Crippen MR) is 61.1 cm³/mol. The van der Waals surface area contributed by atoms with Crippen molar-refractivity contribution in [3.05, 3.63) is 11.1 Å². The summed E-state index contributed by atoms with van der Waals surface area (Å²) in [7, 11) is 0. The quantitative estimate of drug-likeness (QED) is 0.745. The van der Waals surface area contributed by atoms with Crippen LogP contribution in [0.1, 0.15) is 29.8 Å². The Bertz CT molecular complexity index is 401. The van der Waals surface area contributed by atoms with Gasteiger partial charge in [0.1, 0.15) is 5.69 Å². The normalized spacial score (nSPS) is 33.1. The van der Waals surface area contributed by atoms with Crippen molar-refractivity contribution in [2.75, 3.05) is 19.8 Å². The summed E-state index contributed by atoms with van der Waals surface area (Å²) in [6, 6.07) is 0. The van der Waals surface area contributed by atoms with Crippen LogP contribution in [0.3, 0.4) is 0 Å². The molecule has 2 aliphatic heterocycles. The van der Waals surface area contributed by atoms with E-state index in [1.807, 2.05) is 0 Å². The van der Waals surface area contributed by atoms with E-state index in [1.54, 1.807) is 5.38 Å². The molecule has 0 aliphatic carbocycles. The zero-order valence-corrected chi connectivity index (χ0v) is 10.2. The molecule has 2 atom stereocenters. The molecule has 0 aromatic carbocycles. The maximum Gasteiger partial charge on any atom is 0.187 e. The number of carbonyl (C=O) groups is 1. The molecule has 2 aliphatic rings. The summed E-state index contributed by atoms with van der Waals surface area (Å²) in [6.07, 6.45) is 2.42. The second kappa shape index (κ2) is 4.44. The first-order valence-corrected chi connectivity index (χ1v) is 6.66. The van der Waals surface area contributed by atoms with Crippen LogP contribution in [0.15, 0.2) is 5.38 Å². The molecule has 2 saturated heterocycles. The van der Waals surface area contributed by atoms with Crippen LogP contribution in [0.4, 0.5) is 0 Å². The zero-order valence-electron chi connectivity index (χ0n) is 9.42. The van der Waals surface area contributed by atoms with E-state index >= 15 is 0 Å². The van der Waals surface area contributed by atoms with E-state index in [4.69, 9.17) is 9.47 Å². The van der Waals surface area contributed by atoms with Gasteiger partial charge in [-0.15, -0.1) is 5.10 Å². The van der Waals surface area contributed by atoms with Crippen molar-refractivity contribution >= 4 is 17.3 Å². The van der Waals surface area contributed by atoms with Gasteiger partial charge in [0.25, 0.3) is 0 Å². The van der Waals surface area contributed by atoms with E-state index in [1.165, 1.54) is 11.5 Å². The van der Waals surface area contributed by atoms with Gasteiger partial charge in [-0.3, -0.25) is 4.79 Å². The standard InChI is InChI=1S/C11H14N2O3S/c14-10(9-6-17-13-12-9)8-1-3-16-11(5-8)2-4-15-7-11/h6,8H,1-5,7H2. The molecule has 6 heteroatoms. The van der Waals surface area contributed by atoms with Crippen molar-refractivity contribution < 1.29 is 14.3 Å². The summed E-state index contributed by atoms with van der Waals surface area (Å²) in [5.74, 6) is 0.114. The topological polar surface area (TPSA) is 61.3 Å². The van der Waals surface area contributed by atoms with Gasteiger partial charge in [-0.05, 0) is 24.4 Å². The monoisotopic (exact) mass is 254 g/mol. The largest absolute Gasteiger partial charge is 0.378 e. The van der Waals surface area contributed by atoms with Crippen LogP contribution in [-0.4, -0.2) is 40.8 Å². The second-order valence-electron chi connectivity index (χ2n) is 4.68. The molecule has 0 radical (unpaired) electrons. The molecule has 0 saturated carbocycles. The van der Waals surface area contributed by atoms with Crippen molar-refractivity contribution in [1.82, 2.24) is 9.59 Å². The van der Waals surface area contributed by atoms with Crippen molar-refractivity contribution in [1.29, 1.82) is 0 Å². The average Bonchev–Trinajstić information content (AvgIpc) is 3.00. The van der Waals surface area contributed by atoms with E-state index in [-0.39, 0.29) is 17.3 Å². The third-order valence-electron chi connectivity index (χ3n) is 3.54. The van der Waals surface area contributed by atoms with Crippen molar-refractivity contribution in [2.45, 2.75) is 24.9 Å². The maximum absolute atomic E-state index is 12.2. The fourth-order valence-corrected chi connectivity index (χ4v) is 3.04. The van der Waals surface area contributed by atoms with Crippen LogP contribution in [0.2, 0.25) is 0 Å². The number of aromatic nitrogens is 2. The summed E-state index contributed by atoms with van der Waals surface area (Å²) >= 11 is 1.22. The summed E-state index contributed by atoms with van der Waals surface area (Å²) in [5, 5.41) is 5.57. The maximum atomic E-state index is 12.2. The van der Waals surface area contributed by atoms with E-state index in [9.17, 15) is 4.79 Å². The lowest BCUT2D eigenvalue weighted by molar-refractivity contribution is -0.0921. The highest BCUT2D eigenvalue weighted by Gasteiger charge is 2.43. The first kappa shape index (κ1) is 11.3. The molecule has 17 heavy (non-hydrogen) atoms. The van der Waals surface area contributed by atoms with Crippen LogP contribution >= 0.6 is 11.5 Å². The van der Waals surface area contributed by atoms with Gasteiger partial charge in [0.05, 0.1) is 12.2 Å². The number of hydrogen-bond acceptors (Lipinski definition) is 6. The highest BCUT2D eigenvalue weighted by Crippen LogP contribution is 2.36. The number of rotatable bonds is 2. The predicted octanol–water partition coefficient (Wildman–Crippen LogP) is 1.31. The van der Waals surface area contributed by atoms with Gasteiger partial charge in [-0.25, -0.2) is 0 Å². The highest BCUT2D eigenvalue weighted by atomic mass is 32.1. The molecule has 5 nitrogen and oxygen atoms in total. The molecular formula is C11H14N2O3S. The third kappa shape index (κ3) is 2.12. The Morgan fingerprint density at radius 2 is 2.47 bits per heavy atom. The molecule has 1 spiro atoms. The molecule has 3 rings (SSSR count). The Morgan fingerprint density at radius 1 is 1.53 bits per heavy atom. The lowest BCUT2D eigenvalue weighted by Crippen LogP contribution is -2.42. The Kier molecular flexibility index (Phi) is 2.94. The fraction of sp³-hybridized carbons (Fsp3) is 0.727. The van der Waals surface area contributed by atoms with Crippen LogP contribution in [0.5, 0.6) is 0 Å². The van der Waals surface area contributed by atoms with Gasteiger partial charge < -0.3 is 9.47 Å². The summed E-state index contributed by atoms with van der Waals surface area (Å²) < 4.78 is 14.9. The molecule has 92 valence electrons. The smallest absolute Gasteiger partial charge is 0.187 e. The Hall–Kier alpha value is -0.850. The SMILES string of the molecule is O=C(c1csnn1)C1CCOC2(CCOC2)C1. The molecule has 1 aromatic rings. The third-order valence-corrected chi connectivity index (χ3v) is 4.05. The number of carbonyl (C=O) groups excluding carboxylic acids is 1. The van der Waals surface area contributed by atoms with Crippen molar-refractivity contribution in [3.63, 3.8) is 0 Å². The number of hydrogen-bond donors (Lipinski definition) is 0. The van der Waals surface area contributed by atoms with Crippen molar-refractivity contribution in [3.8, 4) is 0 Å². The number of ether oxygens (including phenoxy) is 2. The molecular weight excluding hydrogens is 240 g/mol. The first-order chi connectivity index (χ1) is 8.29. The van der Waals surface area contributed by atoms with E-state index in [2.05, 4.69) is 9.59 Å². The first-order valence-electron chi connectivity index (χ1n) is 5.82. The molecule has 0 bridgehead atoms. The summed E-state index contributed by atoms with van der Waals surface area (Å²) in [6.45, 7) is 1.99. The molecule has 0 amide bonds. The minimum absolute atomic E-state index is 0.00866. The summed E-state index contributed by atoms with van der Waals surface area (Å²) in [4.78, 5) is 12.2. The van der Waals surface area contributed by atoms with Crippen LogP contribution in [0.25, 0.3) is 0 Å². The zero-order chi connectivity index (χ0) is 11.7. The average molecular weight is 254 g/mol. The van der Waals surface area contributed by atoms with E-state index in [0.717, 1.165) is 25.9 Å². The van der Waals surface area contributed by atoms with Crippen molar-refractivity contribution in [2.24, 2.45) is 5.92 Å². The lowest BCUT2D eigenvalue weighted by atomic mass is 9.82. The minimum atomic E-state index is -0.220. The van der Waals surface area contributed by atoms with Gasteiger partial charge in [-0.1, -0.05) is 4.49 Å². The molecule has 0 N–H and O–H groups in total. The molecule has 1 aromatic heterocycles. The lowest BCUT2D eigenvalue weighted by Gasteiger charge is -2.36. The Morgan fingerprint density at radius 3 is 3.18 bits per heavy atom. The van der Waals surface area contributed by atoms with E-state index < -0.39 is 0 Å². The van der Waals surface area contributed by atoms with Gasteiger partial charge in [-0.2, -0.15) is 0 Å². The number of nitrogens with zero attached hydrogens (tertiary/aromatic N) is 2. The van der Waals surface area contributed by atoms with Gasteiger partial charge >= 0.3 is 0 Å². The molecule has 3 heterocycles. The molecule has 2 unspecified atom stereocenters. The van der Waals surface area contributed by atoms with Crippen LogP contribution in [-0.2, 0) is 9.47 Å². The fourth-order valence-electron chi connectivity index (χ4n) is 2.60. The van der Waals surface area contributed by atoms with E-state index in [0.29, 0.717) is 18.9 Å². The number of ketones is 1. The summed E-state index contributed by atoms with van der Waals surface area (Å²) in [5.41, 5.74) is 0.276. The highest BCUT2D eigenvalue weighted by molar-refractivity contribution is 7.03. The van der Waals surface area contributed by atoms with Gasteiger partial charge in [0, 0.05) is 30.9 Å². The Balaban J connectivity index is 1.73. The number of Topliss-reactive ketones (excluding diaryl/α,β-unsaturated/α-hetero) is 1. The van der Waals surface area contributed by atoms with Gasteiger partial charge in [0.15, 0.2) is 5.78 Å². The van der Waals surface area contributed by atoms with Crippen LogP contribution in [0, 0.1) is 5.92 Å².